The van der Waals surface area contributed by atoms with Gasteiger partial charge in [-0.25, -0.2) is 0 Å². The van der Waals surface area contributed by atoms with Gasteiger partial charge in [-0.2, -0.15) is 0 Å². The second kappa shape index (κ2) is 6.26. The van der Waals surface area contributed by atoms with Crippen molar-refractivity contribution in [3.63, 3.8) is 0 Å². The lowest BCUT2D eigenvalue weighted by atomic mass is 10.0. The molecule has 21 heavy (non-hydrogen) atoms. The lowest BCUT2D eigenvalue weighted by Crippen LogP contribution is -2.11. The van der Waals surface area contributed by atoms with Gasteiger partial charge in [-0.05, 0) is 29.7 Å². The number of benzene rings is 1. The van der Waals surface area contributed by atoms with E-state index in [-0.39, 0.29) is 23.5 Å². The summed E-state index contributed by atoms with van der Waals surface area (Å²) < 4.78 is 5.25. The van der Waals surface area contributed by atoms with Gasteiger partial charge in [0.1, 0.15) is 0 Å². The minimum Gasteiger partial charge on any atom is -0.435 e. The van der Waals surface area contributed by atoms with E-state index in [1.807, 2.05) is 24.3 Å². The zero-order valence-electron chi connectivity index (χ0n) is 12.3. The van der Waals surface area contributed by atoms with Gasteiger partial charge in [0.2, 0.25) is 5.91 Å². The van der Waals surface area contributed by atoms with Crippen LogP contribution in [0.3, 0.4) is 0 Å². The van der Waals surface area contributed by atoms with E-state index in [2.05, 4.69) is 24.5 Å². The molecule has 0 atom stereocenters. The maximum Gasteiger partial charge on any atom is 0.291 e. The summed E-state index contributed by atoms with van der Waals surface area (Å²) in [4.78, 5) is 22.9. The molecule has 1 heterocycles. The van der Waals surface area contributed by atoms with Crippen molar-refractivity contribution in [2.75, 3.05) is 10.6 Å². The monoisotopic (exact) mass is 286 g/mol. The molecule has 0 bridgehead atoms. The van der Waals surface area contributed by atoms with Crippen molar-refractivity contribution in [2.45, 2.75) is 26.7 Å². The van der Waals surface area contributed by atoms with Crippen LogP contribution in [0.5, 0.6) is 0 Å². The molecule has 0 radical (unpaired) electrons. The third-order valence-corrected chi connectivity index (χ3v) is 2.96. The Morgan fingerprint density at radius 1 is 1.00 bits per heavy atom. The lowest BCUT2D eigenvalue weighted by Gasteiger charge is -2.07. The molecule has 0 unspecified atom stereocenters. The molecule has 0 fully saturated rings. The van der Waals surface area contributed by atoms with Crippen LogP contribution in [0.1, 0.15) is 42.8 Å². The number of hydrogen-bond acceptors (Lipinski definition) is 3. The predicted molar refractivity (Wildman–Crippen MR) is 81.5 cm³/mol. The van der Waals surface area contributed by atoms with Gasteiger partial charge < -0.3 is 9.73 Å². The molecule has 0 spiro atoms. The topological polar surface area (TPSA) is 71.3 Å². The van der Waals surface area contributed by atoms with Crippen LogP contribution in [0.2, 0.25) is 0 Å². The van der Waals surface area contributed by atoms with E-state index < -0.39 is 0 Å². The lowest BCUT2D eigenvalue weighted by molar-refractivity contribution is -0.114. The third-order valence-electron chi connectivity index (χ3n) is 2.96. The van der Waals surface area contributed by atoms with Crippen LogP contribution in [0, 0.1) is 0 Å². The summed E-state index contributed by atoms with van der Waals surface area (Å²) in [6.45, 7) is 5.60. The Bertz CT molecular complexity index is 642. The highest BCUT2D eigenvalue weighted by molar-refractivity contribution is 6.02. The second-order valence-electron chi connectivity index (χ2n) is 5.08. The standard InChI is InChI=1S/C16H18N2O3/c1-10(2)12-4-6-13(7-5-12)18-16(20)14-8-9-15(21-14)17-11(3)19/h4-10H,1-3H3,(H,17,19)(H,18,20). The molecule has 2 aromatic rings. The van der Waals surface area contributed by atoms with Gasteiger partial charge in [0, 0.05) is 18.7 Å². The largest absolute Gasteiger partial charge is 0.435 e. The number of hydrogen-bond donors (Lipinski definition) is 2. The first-order valence-electron chi connectivity index (χ1n) is 6.74. The van der Waals surface area contributed by atoms with Crippen LogP contribution in [-0.2, 0) is 4.79 Å². The molecule has 0 aliphatic carbocycles. The molecule has 2 N–H and O–H groups in total. The van der Waals surface area contributed by atoms with E-state index in [0.717, 1.165) is 0 Å². The van der Waals surface area contributed by atoms with Gasteiger partial charge in [-0.15, -0.1) is 0 Å². The number of furan rings is 1. The van der Waals surface area contributed by atoms with Crippen molar-refractivity contribution in [3.8, 4) is 0 Å². The van der Waals surface area contributed by atoms with Gasteiger partial charge in [-0.3, -0.25) is 14.9 Å². The van der Waals surface area contributed by atoms with E-state index in [1.165, 1.54) is 24.6 Å². The SMILES string of the molecule is CC(=O)Nc1ccc(C(=O)Nc2ccc(C(C)C)cc2)o1. The predicted octanol–water partition coefficient (Wildman–Crippen LogP) is 3.61. The van der Waals surface area contributed by atoms with Crippen molar-refractivity contribution in [2.24, 2.45) is 0 Å². The second-order valence-corrected chi connectivity index (χ2v) is 5.08. The quantitative estimate of drug-likeness (QED) is 0.901. The Balaban J connectivity index is 2.03. The molecule has 0 aliphatic heterocycles. The van der Waals surface area contributed by atoms with Crippen LogP contribution in [0.4, 0.5) is 11.6 Å². The van der Waals surface area contributed by atoms with Gasteiger partial charge in [0.05, 0.1) is 0 Å². The number of carbonyl (C=O) groups excluding carboxylic acids is 2. The molecule has 2 amide bonds. The fourth-order valence-electron chi connectivity index (χ4n) is 1.84. The Kier molecular flexibility index (Phi) is 4.42. The Morgan fingerprint density at radius 2 is 1.67 bits per heavy atom. The van der Waals surface area contributed by atoms with Gasteiger partial charge in [-0.1, -0.05) is 26.0 Å². The zero-order chi connectivity index (χ0) is 15.4. The van der Waals surface area contributed by atoms with Crippen LogP contribution < -0.4 is 10.6 Å². The summed E-state index contributed by atoms with van der Waals surface area (Å²) >= 11 is 0. The van der Waals surface area contributed by atoms with Crippen molar-refractivity contribution >= 4 is 23.4 Å². The van der Waals surface area contributed by atoms with Crippen molar-refractivity contribution < 1.29 is 14.0 Å². The highest BCUT2D eigenvalue weighted by Gasteiger charge is 2.12. The number of amides is 2. The molecule has 110 valence electrons. The van der Waals surface area contributed by atoms with Gasteiger partial charge in [0.15, 0.2) is 11.6 Å². The molecule has 0 saturated heterocycles. The first-order chi connectivity index (χ1) is 9.95. The van der Waals surface area contributed by atoms with Crippen molar-refractivity contribution in [1.82, 2.24) is 0 Å². The Hall–Kier alpha value is -2.56. The minimum atomic E-state index is -0.358. The highest BCUT2D eigenvalue weighted by Crippen LogP contribution is 2.19. The molecule has 5 heteroatoms. The summed E-state index contributed by atoms with van der Waals surface area (Å²) in [5.74, 6) is 0.235. The van der Waals surface area contributed by atoms with E-state index >= 15 is 0 Å². The summed E-state index contributed by atoms with van der Waals surface area (Å²) in [5.41, 5.74) is 1.90. The van der Waals surface area contributed by atoms with Crippen molar-refractivity contribution in [3.05, 3.63) is 47.7 Å². The van der Waals surface area contributed by atoms with E-state index in [9.17, 15) is 9.59 Å². The Labute approximate surface area is 123 Å². The Morgan fingerprint density at radius 3 is 2.24 bits per heavy atom. The summed E-state index contributed by atoms with van der Waals surface area (Å²) in [7, 11) is 0. The van der Waals surface area contributed by atoms with Crippen molar-refractivity contribution in [1.29, 1.82) is 0 Å². The molecule has 2 rings (SSSR count). The summed E-state index contributed by atoms with van der Waals surface area (Å²) in [5, 5.41) is 5.22. The molecule has 1 aromatic heterocycles. The van der Waals surface area contributed by atoms with E-state index in [4.69, 9.17) is 4.42 Å². The first-order valence-corrected chi connectivity index (χ1v) is 6.74. The smallest absolute Gasteiger partial charge is 0.291 e. The van der Waals surface area contributed by atoms with Crippen LogP contribution in [0.25, 0.3) is 0 Å². The molecule has 0 aliphatic rings. The third kappa shape index (κ3) is 3.95. The highest BCUT2D eigenvalue weighted by atomic mass is 16.4. The molecule has 1 aromatic carbocycles. The van der Waals surface area contributed by atoms with Gasteiger partial charge >= 0.3 is 0 Å². The van der Waals surface area contributed by atoms with Crippen LogP contribution >= 0.6 is 0 Å². The maximum atomic E-state index is 12.0. The number of nitrogens with one attached hydrogen (secondary N) is 2. The fraction of sp³-hybridized carbons (Fsp3) is 0.250. The summed E-state index contributed by atoms with van der Waals surface area (Å²) in [6.07, 6.45) is 0. The summed E-state index contributed by atoms with van der Waals surface area (Å²) in [6, 6.07) is 10.7. The molecular formula is C16H18N2O3. The van der Waals surface area contributed by atoms with Gasteiger partial charge in [0.25, 0.3) is 5.91 Å². The number of carbonyl (C=O) groups is 2. The first kappa shape index (κ1) is 14.8. The molecule has 0 saturated carbocycles. The maximum absolute atomic E-state index is 12.0. The zero-order valence-corrected chi connectivity index (χ0v) is 12.3. The normalized spacial score (nSPS) is 10.5. The van der Waals surface area contributed by atoms with Crippen LogP contribution in [0.15, 0.2) is 40.8 Å². The minimum absolute atomic E-state index is 0.145. The van der Waals surface area contributed by atoms with E-state index in [1.54, 1.807) is 0 Å². The number of rotatable bonds is 4. The molecular weight excluding hydrogens is 268 g/mol. The fourth-order valence-corrected chi connectivity index (χ4v) is 1.84. The average Bonchev–Trinajstić information content (AvgIpc) is 2.87. The number of anilines is 2. The average molecular weight is 286 g/mol. The van der Waals surface area contributed by atoms with Crippen LogP contribution in [-0.4, -0.2) is 11.8 Å². The van der Waals surface area contributed by atoms with E-state index in [0.29, 0.717) is 11.6 Å². The molecule has 5 nitrogen and oxygen atoms in total.